The summed E-state index contributed by atoms with van der Waals surface area (Å²) >= 11 is 1.62. The molecule has 2 N–H and O–H groups in total. The fraction of sp³-hybridized carbons (Fsp3) is 0.583. The van der Waals surface area contributed by atoms with Crippen LogP contribution in [0.15, 0.2) is 16.8 Å². The molecule has 0 aliphatic rings. The Labute approximate surface area is 106 Å². The van der Waals surface area contributed by atoms with Crippen molar-refractivity contribution in [2.45, 2.75) is 26.3 Å². The minimum atomic E-state index is -0.0984. The van der Waals surface area contributed by atoms with E-state index in [-0.39, 0.29) is 12.6 Å². The first kappa shape index (κ1) is 14.0. The number of rotatable bonds is 7. The van der Waals surface area contributed by atoms with Crippen molar-refractivity contribution in [2.75, 3.05) is 19.7 Å². The van der Waals surface area contributed by atoms with Crippen LogP contribution in [0, 0.1) is 0 Å². The summed E-state index contributed by atoms with van der Waals surface area (Å²) in [6, 6.07) is 1.89. The van der Waals surface area contributed by atoms with Gasteiger partial charge in [0.1, 0.15) is 0 Å². The van der Waals surface area contributed by atoms with Gasteiger partial charge in [0.2, 0.25) is 0 Å². The molecular formula is C12H20N2O2S. The fourth-order valence-corrected chi connectivity index (χ4v) is 2.14. The highest BCUT2D eigenvalue weighted by molar-refractivity contribution is 7.07. The summed E-state index contributed by atoms with van der Waals surface area (Å²) in [5, 5.41) is 15.8. The first-order chi connectivity index (χ1) is 8.27. The lowest BCUT2D eigenvalue weighted by atomic mass is 10.3. The Morgan fingerprint density at radius 1 is 1.53 bits per heavy atom. The number of hydrogen-bond acceptors (Lipinski definition) is 3. The third-order valence-electron chi connectivity index (χ3n) is 2.46. The third-order valence-corrected chi connectivity index (χ3v) is 3.19. The van der Waals surface area contributed by atoms with Gasteiger partial charge >= 0.3 is 6.03 Å². The molecule has 1 heterocycles. The molecule has 96 valence electrons. The molecule has 0 aromatic carbocycles. The Bertz CT molecular complexity index is 314. The Morgan fingerprint density at radius 3 is 2.94 bits per heavy atom. The standard InChI is InChI=1S/C12H20N2O2S/c1-2-3-5-14(6-7-15)12(16)13-9-11-4-8-17-10-11/h4,8,10,15H,2-3,5-7,9H2,1H3,(H,13,16). The zero-order valence-corrected chi connectivity index (χ0v) is 11.0. The molecule has 0 unspecified atom stereocenters. The second kappa shape index (κ2) is 8.08. The van der Waals surface area contributed by atoms with E-state index in [1.165, 1.54) is 0 Å². The molecule has 2 amide bonds. The molecule has 0 saturated carbocycles. The van der Waals surface area contributed by atoms with Gasteiger partial charge in [0.25, 0.3) is 0 Å². The van der Waals surface area contributed by atoms with Crippen LogP contribution in [0.2, 0.25) is 0 Å². The van der Waals surface area contributed by atoms with Gasteiger partial charge in [-0.1, -0.05) is 13.3 Å². The van der Waals surface area contributed by atoms with E-state index in [0.717, 1.165) is 18.4 Å². The van der Waals surface area contributed by atoms with Crippen LogP contribution in [0.1, 0.15) is 25.3 Å². The summed E-state index contributed by atoms with van der Waals surface area (Å²) in [6.07, 6.45) is 2.01. The van der Waals surface area contributed by atoms with Crippen molar-refractivity contribution in [3.05, 3.63) is 22.4 Å². The number of aliphatic hydroxyl groups is 1. The summed E-state index contributed by atoms with van der Waals surface area (Å²) in [5.41, 5.74) is 1.11. The molecule has 1 aromatic heterocycles. The maximum absolute atomic E-state index is 11.8. The summed E-state index contributed by atoms with van der Waals surface area (Å²) in [6.45, 7) is 3.74. The number of amides is 2. The smallest absolute Gasteiger partial charge is 0.317 e. The molecule has 4 nitrogen and oxygen atoms in total. The predicted molar refractivity (Wildman–Crippen MR) is 70.1 cm³/mol. The van der Waals surface area contributed by atoms with Crippen molar-refractivity contribution < 1.29 is 9.90 Å². The van der Waals surface area contributed by atoms with E-state index in [9.17, 15) is 4.79 Å². The second-order valence-corrected chi connectivity index (χ2v) is 4.63. The molecular weight excluding hydrogens is 236 g/mol. The maximum Gasteiger partial charge on any atom is 0.317 e. The van der Waals surface area contributed by atoms with Crippen LogP contribution in [0.25, 0.3) is 0 Å². The van der Waals surface area contributed by atoms with Crippen LogP contribution in [-0.2, 0) is 6.54 Å². The Hall–Kier alpha value is -1.07. The SMILES string of the molecule is CCCCN(CCO)C(=O)NCc1ccsc1. The Balaban J connectivity index is 2.35. The van der Waals surface area contributed by atoms with Crippen LogP contribution in [0.4, 0.5) is 4.79 Å². The minimum absolute atomic E-state index is 0.00951. The van der Waals surface area contributed by atoms with Gasteiger partial charge in [-0.2, -0.15) is 11.3 Å². The normalized spacial score (nSPS) is 10.2. The predicted octanol–water partition coefficient (Wildman–Crippen LogP) is 2.05. The van der Waals surface area contributed by atoms with Gasteiger partial charge in [-0.25, -0.2) is 4.79 Å². The average molecular weight is 256 g/mol. The monoisotopic (exact) mass is 256 g/mol. The highest BCUT2D eigenvalue weighted by Gasteiger charge is 2.11. The summed E-state index contributed by atoms with van der Waals surface area (Å²) in [5.74, 6) is 0. The van der Waals surface area contributed by atoms with Crippen molar-refractivity contribution in [3.63, 3.8) is 0 Å². The molecule has 0 aliphatic heterocycles. The second-order valence-electron chi connectivity index (χ2n) is 3.85. The summed E-state index contributed by atoms with van der Waals surface area (Å²) in [4.78, 5) is 13.5. The van der Waals surface area contributed by atoms with Gasteiger partial charge in [-0.3, -0.25) is 0 Å². The molecule has 0 aliphatic carbocycles. The molecule has 0 radical (unpaired) electrons. The highest BCUT2D eigenvalue weighted by Crippen LogP contribution is 2.05. The Morgan fingerprint density at radius 2 is 2.35 bits per heavy atom. The van der Waals surface area contributed by atoms with E-state index in [1.807, 2.05) is 16.8 Å². The quantitative estimate of drug-likeness (QED) is 0.784. The van der Waals surface area contributed by atoms with E-state index >= 15 is 0 Å². The van der Waals surface area contributed by atoms with E-state index in [1.54, 1.807) is 16.2 Å². The fourth-order valence-electron chi connectivity index (χ4n) is 1.47. The topological polar surface area (TPSA) is 52.6 Å². The highest BCUT2D eigenvalue weighted by atomic mass is 32.1. The number of nitrogens with one attached hydrogen (secondary N) is 1. The van der Waals surface area contributed by atoms with E-state index in [0.29, 0.717) is 19.6 Å². The van der Waals surface area contributed by atoms with Gasteiger partial charge in [0.05, 0.1) is 6.61 Å². The summed E-state index contributed by atoms with van der Waals surface area (Å²) < 4.78 is 0. The first-order valence-electron chi connectivity index (χ1n) is 5.92. The third kappa shape index (κ3) is 5.19. The average Bonchev–Trinajstić information content (AvgIpc) is 2.84. The zero-order chi connectivity index (χ0) is 12.5. The molecule has 1 aromatic rings. The van der Waals surface area contributed by atoms with Gasteiger partial charge < -0.3 is 15.3 Å². The maximum atomic E-state index is 11.8. The molecule has 0 atom stereocenters. The van der Waals surface area contributed by atoms with Crippen molar-refractivity contribution in [3.8, 4) is 0 Å². The van der Waals surface area contributed by atoms with Gasteiger partial charge in [0.15, 0.2) is 0 Å². The molecule has 17 heavy (non-hydrogen) atoms. The lowest BCUT2D eigenvalue weighted by molar-refractivity contribution is 0.176. The number of unbranched alkanes of at least 4 members (excludes halogenated alkanes) is 1. The molecule has 0 spiro atoms. The van der Waals surface area contributed by atoms with Crippen LogP contribution < -0.4 is 5.32 Å². The van der Waals surface area contributed by atoms with Gasteiger partial charge in [0, 0.05) is 19.6 Å². The van der Waals surface area contributed by atoms with Crippen molar-refractivity contribution in [1.29, 1.82) is 0 Å². The molecule has 5 heteroatoms. The van der Waals surface area contributed by atoms with Crippen LogP contribution >= 0.6 is 11.3 Å². The number of urea groups is 1. The molecule has 0 fully saturated rings. The van der Waals surface area contributed by atoms with Crippen molar-refractivity contribution in [1.82, 2.24) is 10.2 Å². The number of nitrogens with zero attached hydrogens (tertiary/aromatic N) is 1. The van der Waals surface area contributed by atoms with E-state index in [2.05, 4.69) is 12.2 Å². The number of carbonyl (C=O) groups excluding carboxylic acids is 1. The Kier molecular flexibility index (Phi) is 6.65. The van der Waals surface area contributed by atoms with Crippen LogP contribution in [-0.4, -0.2) is 35.7 Å². The first-order valence-corrected chi connectivity index (χ1v) is 6.87. The van der Waals surface area contributed by atoms with E-state index in [4.69, 9.17) is 5.11 Å². The minimum Gasteiger partial charge on any atom is -0.395 e. The van der Waals surface area contributed by atoms with Crippen molar-refractivity contribution >= 4 is 17.4 Å². The number of thiophene rings is 1. The summed E-state index contributed by atoms with van der Waals surface area (Å²) in [7, 11) is 0. The number of aliphatic hydroxyl groups excluding tert-OH is 1. The van der Waals surface area contributed by atoms with E-state index < -0.39 is 0 Å². The lowest BCUT2D eigenvalue weighted by Crippen LogP contribution is -2.41. The largest absolute Gasteiger partial charge is 0.395 e. The number of hydrogen-bond donors (Lipinski definition) is 2. The zero-order valence-electron chi connectivity index (χ0n) is 10.2. The van der Waals surface area contributed by atoms with Gasteiger partial charge in [-0.15, -0.1) is 0 Å². The van der Waals surface area contributed by atoms with Crippen molar-refractivity contribution in [2.24, 2.45) is 0 Å². The van der Waals surface area contributed by atoms with Gasteiger partial charge in [-0.05, 0) is 28.8 Å². The van der Waals surface area contributed by atoms with Crippen LogP contribution in [0.5, 0.6) is 0 Å². The van der Waals surface area contributed by atoms with Crippen LogP contribution in [0.3, 0.4) is 0 Å². The molecule has 0 saturated heterocycles. The lowest BCUT2D eigenvalue weighted by Gasteiger charge is -2.21. The number of carbonyl (C=O) groups is 1. The molecule has 0 bridgehead atoms. The molecule has 1 rings (SSSR count).